The van der Waals surface area contributed by atoms with Crippen LogP contribution in [0.5, 0.6) is 0 Å². The fourth-order valence-corrected chi connectivity index (χ4v) is 1.94. The molecule has 0 N–H and O–H groups in total. The molecule has 0 bridgehead atoms. The second-order valence-electron chi connectivity index (χ2n) is 3.86. The Morgan fingerprint density at radius 2 is 2.25 bits per heavy atom. The van der Waals surface area contributed by atoms with Crippen LogP contribution < -0.4 is 0 Å². The van der Waals surface area contributed by atoms with Crippen LogP contribution in [0.15, 0.2) is 0 Å². The SMILES string of the molecule is CC1C2COC2CCOCN1C. The fourth-order valence-electron chi connectivity index (χ4n) is 1.94. The molecule has 3 unspecified atom stereocenters. The lowest BCUT2D eigenvalue weighted by molar-refractivity contribution is -0.173. The van der Waals surface area contributed by atoms with E-state index in [2.05, 4.69) is 18.9 Å². The lowest BCUT2D eigenvalue weighted by atomic mass is 9.88. The Morgan fingerprint density at radius 1 is 1.42 bits per heavy atom. The molecule has 0 aliphatic carbocycles. The van der Waals surface area contributed by atoms with Gasteiger partial charge in [0.25, 0.3) is 0 Å². The zero-order chi connectivity index (χ0) is 8.55. The lowest BCUT2D eigenvalue weighted by Crippen LogP contribution is -2.53. The van der Waals surface area contributed by atoms with Crippen molar-refractivity contribution in [3.05, 3.63) is 0 Å². The Bertz CT molecular complexity index is 155. The van der Waals surface area contributed by atoms with Crippen LogP contribution >= 0.6 is 0 Å². The first-order valence-corrected chi connectivity index (χ1v) is 4.68. The van der Waals surface area contributed by atoms with Gasteiger partial charge in [0, 0.05) is 12.0 Å². The van der Waals surface area contributed by atoms with Gasteiger partial charge in [-0.3, -0.25) is 4.90 Å². The number of rotatable bonds is 0. The molecule has 2 aliphatic rings. The summed E-state index contributed by atoms with van der Waals surface area (Å²) >= 11 is 0. The van der Waals surface area contributed by atoms with Gasteiger partial charge in [-0.05, 0) is 20.4 Å². The second-order valence-corrected chi connectivity index (χ2v) is 3.86. The molecular formula is C9H17NO2. The summed E-state index contributed by atoms with van der Waals surface area (Å²) in [5.41, 5.74) is 0. The van der Waals surface area contributed by atoms with Crippen molar-refractivity contribution in [2.75, 3.05) is 27.0 Å². The standard InChI is InChI=1S/C9H17NO2/c1-7-8-5-12-9(8)3-4-11-6-10(7)2/h7-9H,3-6H2,1-2H3. The Morgan fingerprint density at radius 3 is 2.92 bits per heavy atom. The predicted molar refractivity (Wildman–Crippen MR) is 45.9 cm³/mol. The van der Waals surface area contributed by atoms with E-state index in [4.69, 9.17) is 9.47 Å². The highest BCUT2D eigenvalue weighted by molar-refractivity contribution is 4.87. The molecule has 3 heteroatoms. The van der Waals surface area contributed by atoms with Gasteiger partial charge in [-0.25, -0.2) is 0 Å². The zero-order valence-electron chi connectivity index (χ0n) is 7.82. The van der Waals surface area contributed by atoms with Gasteiger partial charge in [0.15, 0.2) is 0 Å². The van der Waals surface area contributed by atoms with Crippen LogP contribution in [0, 0.1) is 5.92 Å². The van der Waals surface area contributed by atoms with Crippen molar-refractivity contribution in [3.8, 4) is 0 Å². The zero-order valence-corrected chi connectivity index (χ0v) is 7.82. The van der Waals surface area contributed by atoms with Gasteiger partial charge in [-0.15, -0.1) is 0 Å². The molecule has 2 fully saturated rings. The molecule has 0 aromatic carbocycles. The summed E-state index contributed by atoms with van der Waals surface area (Å²) in [6.45, 7) is 4.81. The van der Waals surface area contributed by atoms with Gasteiger partial charge in [-0.2, -0.15) is 0 Å². The van der Waals surface area contributed by atoms with Crippen LogP contribution in [0.25, 0.3) is 0 Å². The van der Waals surface area contributed by atoms with Gasteiger partial charge < -0.3 is 9.47 Å². The molecule has 70 valence electrons. The third-order valence-corrected chi connectivity index (χ3v) is 3.14. The van der Waals surface area contributed by atoms with Crippen LogP contribution in [0.2, 0.25) is 0 Å². The topological polar surface area (TPSA) is 21.7 Å². The Labute approximate surface area is 73.6 Å². The number of ether oxygens (including phenoxy) is 2. The number of hydrogen-bond donors (Lipinski definition) is 0. The van der Waals surface area contributed by atoms with Gasteiger partial charge in [0.1, 0.15) is 0 Å². The molecule has 2 rings (SSSR count). The van der Waals surface area contributed by atoms with Crippen LogP contribution in [-0.2, 0) is 9.47 Å². The Hall–Kier alpha value is -0.120. The van der Waals surface area contributed by atoms with Crippen molar-refractivity contribution in [2.24, 2.45) is 5.92 Å². The van der Waals surface area contributed by atoms with Crippen LogP contribution in [-0.4, -0.2) is 44.0 Å². The Balaban J connectivity index is 1.98. The number of fused-ring (bicyclic) bond motifs is 1. The molecule has 3 atom stereocenters. The molecule has 0 amide bonds. The van der Waals surface area contributed by atoms with E-state index in [1.165, 1.54) is 0 Å². The smallest absolute Gasteiger partial charge is 0.0990 e. The molecule has 0 spiro atoms. The monoisotopic (exact) mass is 171 g/mol. The minimum atomic E-state index is 0.461. The summed E-state index contributed by atoms with van der Waals surface area (Å²) in [7, 11) is 2.12. The molecular weight excluding hydrogens is 154 g/mol. The maximum Gasteiger partial charge on any atom is 0.0990 e. The number of nitrogens with zero attached hydrogens (tertiary/aromatic N) is 1. The molecule has 0 aromatic heterocycles. The third kappa shape index (κ3) is 1.37. The van der Waals surface area contributed by atoms with Crippen LogP contribution in [0.4, 0.5) is 0 Å². The summed E-state index contributed by atoms with van der Waals surface area (Å²) in [5, 5.41) is 0. The van der Waals surface area contributed by atoms with E-state index >= 15 is 0 Å². The molecule has 0 radical (unpaired) electrons. The quantitative estimate of drug-likeness (QED) is 0.535. The molecule has 0 aromatic rings. The van der Waals surface area contributed by atoms with E-state index in [-0.39, 0.29) is 0 Å². The lowest BCUT2D eigenvalue weighted by Gasteiger charge is -2.45. The largest absolute Gasteiger partial charge is 0.377 e. The summed E-state index contributed by atoms with van der Waals surface area (Å²) in [4.78, 5) is 2.26. The molecule has 2 heterocycles. The third-order valence-electron chi connectivity index (χ3n) is 3.14. The maximum absolute atomic E-state index is 5.48. The normalized spacial score (nSPS) is 44.0. The molecule has 2 aliphatic heterocycles. The van der Waals surface area contributed by atoms with E-state index in [9.17, 15) is 0 Å². The van der Waals surface area contributed by atoms with E-state index < -0.39 is 0 Å². The van der Waals surface area contributed by atoms with Gasteiger partial charge >= 0.3 is 0 Å². The van der Waals surface area contributed by atoms with E-state index in [0.717, 1.165) is 32.3 Å². The summed E-state index contributed by atoms with van der Waals surface area (Å²) < 4.78 is 10.9. The fraction of sp³-hybridized carbons (Fsp3) is 1.00. The van der Waals surface area contributed by atoms with Gasteiger partial charge in [0.05, 0.1) is 26.0 Å². The summed E-state index contributed by atoms with van der Waals surface area (Å²) in [6.07, 6.45) is 1.53. The molecule has 0 saturated carbocycles. The highest BCUT2D eigenvalue weighted by Crippen LogP contribution is 2.29. The van der Waals surface area contributed by atoms with E-state index in [1.54, 1.807) is 0 Å². The maximum atomic E-state index is 5.48. The van der Waals surface area contributed by atoms with Crippen LogP contribution in [0.3, 0.4) is 0 Å². The van der Waals surface area contributed by atoms with Gasteiger partial charge in [-0.1, -0.05) is 0 Å². The van der Waals surface area contributed by atoms with E-state index in [0.29, 0.717) is 12.1 Å². The van der Waals surface area contributed by atoms with Crippen molar-refractivity contribution >= 4 is 0 Å². The summed E-state index contributed by atoms with van der Waals surface area (Å²) in [6, 6.07) is 0.601. The van der Waals surface area contributed by atoms with Crippen molar-refractivity contribution < 1.29 is 9.47 Å². The van der Waals surface area contributed by atoms with Crippen molar-refractivity contribution in [1.82, 2.24) is 4.90 Å². The van der Waals surface area contributed by atoms with Gasteiger partial charge in [0.2, 0.25) is 0 Å². The van der Waals surface area contributed by atoms with Crippen LogP contribution in [0.1, 0.15) is 13.3 Å². The average molecular weight is 171 g/mol. The molecule has 3 nitrogen and oxygen atoms in total. The van der Waals surface area contributed by atoms with Crippen molar-refractivity contribution in [3.63, 3.8) is 0 Å². The second kappa shape index (κ2) is 3.32. The highest BCUT2D eigenvalue weighted by atomic mass is 16.5. The van der Waals surface area contributed by atoms with E-state index in [1.807, 2.05) is 0 Å². The minimum Gasteiger partial charge on any atom is -0.377 e. The Kier molecular flexibility index (Phi) is 2.35. The molecule has 12 heavy (non-hydrogen) atoms. The number of hydrogen-bond acceptors (Lipinski definition) is 3. The highest BCUT2D eigenvalue weighted by Gasteiger charge is 2.38. The van der Waals surface area contributed by atoms with Crippen molar-refractivity contribution in [2.45, 2.75) is 25.5 Å². The first kappa shape index (κ1) is 8.48. The molecule has 2 saturated heterocycles. The average Bonchev–Trinajstić information content (AvgIpc) is 2.00. The van der Waals surface area contributed by atoms with Crippen molar-refractivity contribution in [1.29, 1.82) is 0 Å². The summed E-state index contributed by atoms with van der Waals surface area (Å²) in [5.74, 6) is 0.735. The first-order valence-electron chi connectivity index (χ1n) is 4.68. The predicted octanol–water partition coefficient (Wildman–Crippen LogP) is 0.699. The minimum absolute atomic E-state index is 0.461. The first-order chi connectivity index (χ1) is 5.79.